The molecule has 1 aromatic heterocycles. The van der Waals surface area contributed by atoms with Crippen molar-refractivity contribution in [3.05, 3.63) is 47.3 Å². The van der Waals surface area contributed by atoms with E-state index in [0.717, 1.165) is 35.5 Å². The Hall–Kier alpha value is -2.30. The van der Waals surface area contributed by atoms with Gasteiger partial charge in [0.1, 0.15) is 5.75 Å². The number of aromatic amines is 1. The van der Waals surface area contributed by atoms with Gasteiger partial charge in [0.15, 0.2) is 6.10 Å². The van der Waals surface area contributed by atoms with Crippen LogP contribution in [0.15, 0.2) is 30.5 Å². The minimum Gasteiger partial charge on any atom is -0.480 e. The number of rotatable bonds is 1. The second kappa shape index (κ2) is 4.37. The number of amides is 1. The summed E-state index contributed by atoms with van der Waals surface area (Å²) < 4.78 is 5.78. The maximum atomic E-state index is 12.6. The topological polar surface area (TPSA) is 58.2 Å². The van der Waals surface area contributed by atoms with Crippen molar-refractivity contribution in [1.29, 1.82) is 0 Å². The van der Waals surface area contributed by atoms with E-state index in [1.54, 1.807) is 6.20 Å². The van der Waals surface area contributed by atoms with Gasteiger partial charge in [-0.15, -0.1) is 0 Å². The van der Waals surface area contributed by atoms with E-state index in [1.165, 1.54) is 0 Å². The molecule has 2 aliphatic heterocycles. The summed E-state index contributed by atoms with van der Waals surface area (Å²) in [5.74, 6) is 0.917. The van der Waals surface area contributed by atoms with E-state index < -0.39 is 0 Å². The van der Waals surface area contributed by atoms with Crippen LogP contribution in [0.4, 0.5) is 0 Å². The quantitative estimate of drug-likeness (QED) is 0.849. The average Bonchev–Trinajstić information content (AvgIpc) is 3.11. The fraction of sp³-hybridized carbons (Fsp3) is 0.333. The average molecular weight is 269 g/mol. The summed E-state index contributed by atoms with van der Waals surface area (Å²) in [6, 6.07) is 7.86. The molecule has 2 aliphatic rings. The third-order valence-corrected chi connectivity index (χ3v) is 4.03. The number of H-pyrrole nitrogens is 1. The van der Waals surface area contributed by atoms with Gasteiger partial charge in [0.25, 0.3) is 5.91 Å². The summed E-state index contributed by atoms with van der Waals surface area (Å²) in [5.41, 5.74) is 3.37. The van der Waals surface area contributed by atoms with Crippen molar-refractivity contribution in [1.82, 2.24) is 15.1 Å². The second-order valence-electron chi connectivity index (χ2n) is 5.30. The lowest BCUT2D eigenvalue weighted by atomic mass is 10.1. The molecular weight excluding hydrogens is 254 g/mol. The van der Waals surface area contributed by atoms with Crippen LogP contribution in [0.25, 0.3) is 0 Å². The number of para-hydroxylation sites is 1. The monoisotopic (exact) mass is 269 g/mol. The van der Waals surface area contributed by atoms with Gasteiger partial charge in [0, 0.05) is 37.2 Å². The van der Waals surface area contributed by atoms with Crippen LogP contribution in [-0.4, -0.2) is 33.7 Å². The van der Waals surface area contributed by atoms with Crippen LogP contribution in [-0.2, 0) is 24.2 Å². The number of nitrogens with one attached hydrogen (secondary N) is 1. The predicted octanol–water partition coefficient (Wildman–Crippen LogP) is 1.30. The van der Waals surface area contributed by atoms with Crippen LogP contribution >= 0.6 is 0 Å². The van der Waals surface area contributed by atoms with Gasteiger partial charge in [-0.1, -0.05) is 18.2 Å². The molecule has 0 saturated carbocycles. The van der Waals surface area contributed by atoms with Gasteiger partial charge in [0.2, 0.25) is 0 Å². The predicted molar refractivity (Wildman–Crippen MR) is 72.3 cm³/mol. The Bertz CT molecular complexity index is 636. The van der Waals surface area contributed by atoms with E-state index in [4.69, 9.17) is 4.74 Å². The van der Waals surface area contributed by atoms with Crippen LogP contribution in [0, 0.1) is 0 Å². The Morgan fingerprint density at radius 3 is 3.15 bits per heavy atom. The van der Waals surface area contributed by atoms with Crippen LogP contribution in [0.1, 0.15) is 16.8 Å². The number of fused-ring (bicyclic) bond motifs is 2. The lowest BCUT2D eigenvalue weighted by Gasteiger charge is -2.28. The van der Waals surface area contributed by atoms with E-state index in [0.29, 0.717) is 13.0 Å². The number of aromatic nitrogens is 2. The summed E-state index contributed by atoms with van der Waals surface area (Å²) in [5, 5.41) is 7.01. The van der Waals surface area contributed by atoms with E-state index >= 15 is 0 Å². The van der Waals surface area contributed by atoms with Gasteiger partial charge in [-0.05, 0) is 11.6 Å². The van der Waals surface area contributed by atoms with E-state index in [9.17, 15) is 4.79 Å². The van der Waals surface area contributed by atoms with Crippen molar-refractivity contribution in [2.75, 3.05) is 6.54 Å². The summed E-state index contributed by atoms with van der Waals surface area (Å²) in [7, 11) is 0. The Balaban J connectivity index is 1.50. The van der Waals surface area contributed by atoms with Crippen molar-refractivity contribution in [2.24, 2.45) is 0 Å². The minimum atomic E-state index is -0.374. The third-order valence-electron chi connectivity index (χ3n) is 4.03. The highest BCUT2D eigenvalue weighted by Crippen LogP contribution is 2.29. The zero-order valence-corrected chi connectivity index (χ0v) is 11.0. The lowest BCUT2D eigenvalue weighted by molar-refractivity contribution is -0.138. The van der Waals surface area contributed by atoms with Crippen molar-refractivity contribution in [2.45, 2.75) is 25.5 Å². The van der Waals surface area contributed by atoms with Gasteiger partial charge in [-0.25, -0.2) is 0 Å². The molecule has 5 nitrogen and oxygen atoms in total. The van der Waals surface area contributed by atoms with Crippen molar-refractivity contribution in [3.63, 3.8) is 0 Å². The Kier molecular flexibility index (Phi) is 2.52. The molecule has 1 N–H and O–H groups in total. The fourth-order valence-electron chi connectivity index (χ4n) is 2.93. The summed E-state index contributed by atoms with van der Waals surface area (Å²) >= 11 is 0. The molecular formula is C15H15N3O2. The number of hydrogen-bond donors (Lipinski definition) is 1. The summed E-state index contributed by atoms with van der Waals surface area (Å²) in [6.07, 6.45) is 2.93. The SMILES string of the molecule is O=C([C@H]1Cc2ccccc2O1)N1CCc2[nH]ncc2C1. The first-order valence-electron chi connectivity index (χ1n) is 6.86. The molecule has 1 amide bonds. The van der Waals surface area contributed by atoms with E-state index in [1.807, 2.05) is 29.2 Å². The molecule has 0 fully saturated rings. The van der Waals surface area contributed by atoms with Crippen LogP contribution in [0.3, 0.4) is 0 Å². The number of hydrogen-bond acceptors (Lipinski definition) is 3. The first-order valence-corrected chi connectivity index (χ1v) is 6.86. The van der Waals surface area contributed by atoms with Crippen molar-refractivity contribution in [3.8, 4) is 5.75 Å². The minimum absolute atomic E-state index is 0.0769. The van der Waals surface area contributed by atoms with Crippen molar-refractivity contribution >= 4 is 5.91 Å². The normalized spacial score (nSPS) is 20.2. The smallest absolute Gasteiger partial charge is 0.264 e. The first kappa shape index (κ1) is 11.5. The molecule has 5 heteroatoms. The number of benzene rings is 1. The highest BCUT2D eigenvalue weighted by Gasteiger charge is 2.33. The number of ether oxygens (including phenoxy) is 1. The molecule has 20 heavy (non-hydrogen) atoms. The van der Waals surface area contributed by atoms with Crippen molar-refractivity contribution < 1.29 is 9.53 Å². The maximum Gasteiger partial charge on any atom is 0.264 e. The zero-order valence-electron chi connectivity index (χ0n) is 11.0. The summed E-state index contributed by atoms with van der Waals surface area (Å²) in [4.78, 5) is 14.4. The molecule has 4 rings (SSSR count). The fourth-order valence-corrected chi connectivity index (χ4v) is 2.93. The molecule has 0 aliphatic carbocycles. The molecule has 0 saturated heterocycles. The molecule has 0 radical (unpaired) electrons. The second-order valence-corrected chi connectivity index (χ2v) is 5.30. The van der Waals surface area contributed by atoms with E-state index in [2.05, 4.69) is 10.2 Å². The highest BCUT2D eigenvalue weighted by atomic mass is 16.5. The van der Waals surface area contributed by atoms with Gasteiger partial charge >= 0.3 is 0 Å². The van der Waals surface area contributed by atoms with E-state index in [-0.39, 0.29) is 12.0 Å². The van der Waals surface area contributed by atoms with Crippen LogP contribution < -0.4 is 4.74 Å². The highest BCUT2D eigenvalue weighted by molar-refractivity contribution is 5.82. The summed E-state index contributed by atoms with van der Waals surface area (Å²) in [6.45, 7) is 1.35. The van der Waals surface area contributed by atoms with Gasteiger partial charge < -0.3 is 9.64 Å². The molecule has 3 heterocycles. The standard InChI is InChI=1S/C15H15N3O2/c19-15(14-7-10-3-1-2-4-13(10)20-14)18-6-5-12-11(9-18)8-16-17-12/h1-4,8,14H,5-7,9H2,(H,16,17)/t14-/m1/s1. The largest absolute Gasteiger partial charge is 0.480 e. The van der Waals surface area contributed by atoms with Gasteiger partial charge in [0.05, 0.1) is 6.20 Å². The first-order chi connectivity index (χ1) is 9.81. The Morgan fingerprint density at radius 2 is 2.25 bits per heavy atom. The molecule has 2 aromatic rings. The zero-order chi connectivity index (χ0) is 13.5. The van der Waals surface area contributed by atoms with Gasteiger partial charge in [-0.3, -0.25) is 9.89 Å². The third kappa shape index (κ3) is 1.78. The molecule has 1 atom stereocenters. The molecule has 0 spiro atoms. The molecule has 1 aromatic carbocycles. The molecule has 0 bridgehead atoms. The number of carbonyl (C=O) groups excluding carboxylic acids is 1. The maximum absolute atomic E-state index is 12.6. The number of nitrogens with zero attached hydrogens (tertiary/aromatic N) is 2. The molecule has 102 valence electrons. The Morgan fingerprint density at radius 1 is 1.35 bits per heavy atom. The van der Waals surface area contributed by atoms with Crippen LogP contribution in [0.5, 0.6) is 5.75 Å². The molecule has 0 unspecified atom stereocenters. The Labute approximate surface area is 116 Å². The number of carbonyl (C=O) groups is 1. The van der Waals surface area contributed by atoms with Gasteiger partial charge in [-0.2, -0.15) is 5.10 Å². The lowest BCUT2D eigenvalue weighted by Crippen LogP contribution is -2.43. The van der Waals surface area contributed by atoms with Crippen LogP contribution in [0.2, 0.25) is 0 Å².